The Morgan fingerprint density at radius 1 is 1.43 bits per heavy atom. The van der Waals surface area contributed by atoms with Gasteiger partial charge in [-0.25, -0.2) is 4.79 Å². The van der Waals surface area contributed by atoms with E-state index < -0.39 is 6.04 Å². The van der Waals surface area contributed by atoms with Crippen LogP contribution in [0.3, 0.4) is 0 Å². The van der Waals surface area contributed by atoms with Gasteiger partial charge in [0.25, 0.3) is 5.24 Å². The minimum Gasteiger partial charge on any atom is -0.464 e. The van der Waals surface area contributed by atoms with E-state index >= 15 is 0 Å². The SMILES string of the molecule is CCCC(NC(=O)SC)C(=O)OCC. The van der Waals surface area contributed by atoms with Crippen LogP contribution in [-0.4, -0.2) is 30.1 Å². The molecular weight excluding hydrogens is 202 g/mol. The van der Waals surface area contributed by atoms with E-state index in [2.05, 4.69) is 5.32 Å². The van der Waals surface area contributed by atoms with Crippen molar-refractivity contribution < 1.29 is 14.3 Å². The third kappa shape index (κ3) is 5.11. The molecule has 1 N–H and O–H groups in total. The molecule has 0 aliphatic carbocycles. The first-order valence-electron chi connectivity index (χ1n) is 4.66. The quantitative estimate of drug-likeness (QED) is 0.716. The first-order valence-corrected chi connectivity index (χ1v) is 5.89. The summed E-state index contributed by atoms with van der Waals surface area (Å²) >= 11 is 1.06. The Bertz CT molecular complexity index is 196. The number of esters is 1. The third-order valence-electron chi connectivity index (χ3n) is 1.63. The molecule has 0 fully saturated rings. The summed E-state index contributed by atoms with van der Waals surface area (Å²) in [7, 11) is 0. The maximum absolute atomic E-state index is 11.3. The molecule has 0 saturated heterocycles. The number of carbonyl (C=O) groups excluding carboxylic acids is 2. The summed E-state index contributed by atoms with van der Waals surface area (Å²) in [6, 6.07) is -0.500. The standard InChI is InChI=1S/C9H17NO3S/c1-4-6-7(8(11)13-5-2)10-9(12)14-3/h7H,4-6H2,1-3H3,(H,10,12). The topological polar surface area (TPSA) is 55.4 Å². The molecule has 4 nitrogen and oxygen atoms in total. The Balaban J connectivity index is 4.13. The average molecular weight is 219 g/mol. The van der Waals surface area contributed by atoms with Crippen LogP contribution in [0.1, 0.15) is 26.7 Å². The van der Waals surface area contributed by atoms with Gasteiger partial charge < -0.3 is 10.1 Å². The maximum atomic E-state index is 11.3. The molecule has 0 spiro atoms. The molecule has 0 aromatic heterocycles. The Hall–Kier alpha value is -0.710. The summed E-state index contributed by atoms with van der Waals surface area (Å²) in [5, 5.41) is 2.40. The lowest BCUT2D eigenvalue weighted by atomic mass is 10.2. The number of amides is 1. The predicted molar refractivity (Wildman–Crippen MR) is 57.4 cm³/mol. The number of rotatable bonds is 5. The molecule has 1 atom stereocenters. The summed E-state index contributed by atoms with van der Waals surface area (Å²) in [5.74, 6) is -0.350. The minimum atomic E-state index is -0.500. The van der Waals surface area contributed by atoms with Crippen LogP contribution in [0.4, 0.5) is 4.79 Å². The molecule has 82 valence electrons. The first-order chi connectivity index (χ1) is 6.65. The zero-order valence-corrected chi connectivity index (χ0v) is 9.65. The lowest BCUT2D eigenvalue weighted by Gasteiger charge is -2.15. The molecule has 1 unspecified atom stereocenters. The van der Waals surface area contributed by atoms with Crippen LogP contribution < -0.4 is 5.32 Å². The van der Waals surface area contributed by atoms with Crippen molar-refractivity contribution in [2.75, 3.05) is 12.9 Å². The predicted octanol–water partition coefficient (Wildman–Crippen LogP) is 1.79. The molecular formula is C9H17NO3S. The highest BCUT2D eigenvalue weighted by atomic mass is 32.2. The van der Waals surface area contributed by atoms with E-state index in [9.17, 15) is 9.59 Å². The van der Waals surface area contributed by atoms with E-state index in [1.807, 2.05) is 6.92 Å². The molecule has 0 rings (SSSR count). The second-order valence-electron chi connectivity index (χ2n) is 2.73. The van der Waals surface area contributed by atoms with E-state index in [1.54, 1.807) is 13.2 Å². The largest absolute Gasteiger partial charge is 0.464 e. The van der Waals surface area contributed by atoms with Gasteiger partial charge in [-0.05, 0) is 19.6 Å². The Morgan fingerprint density at radius 3 is 2.50 bits per heavy atom. The highest BCUT2D eigenvalue weighted by Gasteiger charge is 2.20. The fraction of sp³-hybridized carbons (Fsp3) is 0.778. The zero-order chi connectivity index (χ0) is 11.0. The molecule has 5 heteroatoms. The summed E-state index contributed by atoms with van der Waals surface area (Å²) in [6.07, 6.45) is 3.12. The molecule has 0 aromatic rings. The molecule has 0 aromatic carbocycles. The first kappa shape index (κ1) is 13.3. The molecule has 0 aliphatic heterocycles. The summed E-state index contributed by atoms with van der Waals surface area (Å²) in [5.41, 5.74) is 0. The van der Waals surface area contributed by atoms with Gasteiger partial charge in [-0.1, -0.05) is 25.1 Å². The summed E-state index contributed by atoms with van der Waals surface area (Å²) < 4.78 is 4.84. The van der Waals surface area contributed by atoms with Gasteiger partial charge in [0.2, 0.25) is 0 Å². The lowest BCUT2D eigenvalue weighted by molar-refractivity contribution is -0.145. The normalized spacial score (nSPS) is 11.9. The van der Waals surface area contributed by atoms with E-state index in [0.29, 0.717) is 13.0 Å². The van der Waals surface area contributed by atoms with Crippen LogP contribution in [0, 0.1) is 0 Å². The minimum absolute atomic E-state index is 0.198. The van der Waals surface area contributed by atoms with Crippen LogP contribution in [0.2, 0.25) is 0 Å². The molecule has 0 radical (unpaired) electrons. The zero-order valence-electron chi connectivity index (χ0n) is 8.83. The second-order valence-corrected chi connectivity index (χ2v) is 3.51. The van der Waals surface area contributed by atoms with Gasteiger partial charge in [0, 0.05) is 0 Å². The van der Waals surface area contributed by atoms with Crippen molar-refractivity contribution >= 4 is 23.0 Å². The van der Waals surface area contributed by atoms with E-state index in [1.165, 1.54) is 0 Å². The third-order valence-corrected chi connectivity index (χ3v) is 2.11. The molecule has 0 aliphatic rings. The fourth-order valence-electron chi connectivity index (χ4n) is 0.982. The fourth-order valence-corrected chi connectivity index (χ4v) is 1.24. The van der Waals surface area contributed by atoms with E-state index in [-0.39, 0.29) is 11.2 Å². The van der Waals surface area contributed by atoms with Crippen LogP contribution in [0.5, 0.6) is 0 Å². The monoisotopic (exact) mass is 219 g/mol. The van der Waals surface area contributed by atoms with E-state index in [0.717, 1.165) is 18.2 Å². The van der Waals surface area contributed by atoms with E-state index in [4.69, 9.17) is 4.74 Å². The van der Waals surface area contributed by atoms with Crippen molar-refractivity contribution in [3.8, 4) is 0 Å². The number of hydrogen-bond acceptors (Lipinski definition) is 4. The van der Waals surface area contributed by atoms with Crippen molar-refractivity contribution in [3.05, 3.63) is 0 Å². The highest BCUT2D eigenvalue weighted by molar-refractivity contribution is 8.12. The van der Waals surface area contributed by atoms with Gasteiger partial charge in [0.15, 0.2) is 0 Å². The lowest BCUT2D eigenvalue weighted by Crippen LogP contribution is -2.39. The number of nitrogens with one attached hydrogen (secondary N) is 1. The number of carbonyl (C=O) groups is 2. The summed E-state index contributed by atoms with van der Waals surface area (Å²) in [4.78, 5) is 22.4. The van der Waals surface area contributed by atoms with Gasteiger partial charge in [-0.2, -0.15) is 0 Å². The molecule has 0 saturated carbocycles. The molecule has 14 heavy (non-hydrogen) atoms. The average Bonchev–Trinajstić information content (AvgIpc) is 2.17. The number of hydrogen-bond donors (Lipinski definition) is 1. The van der Waals surface area contributed by atoms with Gasteiger partial charge in [-0.15, -0.1) is 0 Å². The molecule has 0 heterocycles. The molecule has 0 bridgehead atoms. The van der Waals surface area contributed by atoms with Crippen molar-refractivity contribution in [1.29, 1.82) is 0 Å². The number of ether oxygens (including phenoxy) is 1. The number of thioether (sulfide) groups is 1. The van der Waals surface area contributed by atoms with Crippen LogP contribution in [-0.2, 0) is 9.53 Å². The van der Waals surface area contributed by atoms with Gasteiger partial charge >= 0.3 is 5.97 Å². The Labute approximate surface area is 88.8 Å². The van der Waals surface area contributed by atoms with Crippen LogP contribution in [0.15, 0.2) is 0 Å². The van der Waals surface area contributed by atoms with Crippen molar-refractivity contribution in [1.82, 2.24) is 5.32 Å². The highest BCUT2D eigenvalue weighted by Crippen LogP contribution is 2.03. The van der Waals surface area contributed by atoms with Crippen molar-refractivity contribution in [3.63, 3.8) is 0 Å². The van der Waals surface area contributed by atoms with Crippen LogP contribution in [0.25, 0.3) is 0 Å². The van der Waals surface area contributed by atoms with Crippen molar-refractivity contribution in [2.24, 2.45) is 0 Å². The van der Waals surface area contributed by atoms with Gasteiger partial charge in [0.05, 0.1) is 6.61 Å². The maximum Gasteiger partial charge on any atom is 0.328 e. The smallest absolute Gasteiger partial charge is 0.328 e. The Morgan fingerprint density at radius 2 is 2.07 bits per heavy atom. The Kier molecular flexibility index (Phi) is 7.28. The second kappa shape index (κ2) is 7.67. The molecule has 1 amide bonds. The van der Waals surface area contributed by atoms with Gasteiger partial charge in [0.1, 0.15) is 6.04 Å². The van der Waals surface area contributed by atoms with Gasteiger partial charge in [-0.3, -0.25) is 4.79 Å². The van der Waals surface area contributed by atoms with Crippen LogP contribution >= 0.6 is 11.8 Å². The van der Waals surface area contributed by atoms with Crippen molar-refractivity contribution in [2.45, 2.75) is 32.7 Å². The summed E-state index contributed by atoms with van der Waals surface area (Å²) in [6.45, 7) is 4.04.